The first-order chi connectivity index (χ1) is 22.6. The first-order valence-electron chi connectivity index (χ1n) is 15.2. The SMILES string of the molecule is COc1ccc(C[C@@H](CC(=O)O)NC(=O)[C@@H]2C[C@@H](NC(=O)c3ccc4c(c3)B(O)OC4)CN2C(=O)c2ccc3c(c2)B(O)OC3)cc1. The molecule has 3 aromatic carbocycles. The van der Waals surface area contributed by atoms with Crippen LogP contribution in [0.2, 0.25) is 0 Å². The van der Waals surface area contributed by atoms with E-state index in [1.54, 1.807) is 54.6 Å². The number of likely N-dealkylation sites (tertiary alicyclic amines) is 1. The Morgan fingerprint density at radius 3 is 2.17 bits per heavy atom. The minimum absolute atomic E-state index is 0.00243. The first kappa shape index (κ1) is 32.3. The van der Waals surface area contributed by atoms with Crippen LogP contribution in [0, 0.1) is 0 Å². The molecule has 3 aliphatic heterocycles. The van der Waals surface area contributed by atoms with Gasteiger partial charge >= 0.3 is 20.2 Å². The van der Waals surface area contributed by atoms with Gasteiger partial charge in [-0.1, -0.05) is 24.3 Å². The molecular weight excluding hydrogens is 608 g/mol. The normalized spacial score (nSPS) is 18.8. The summed E-state index contributed by atoms with van der Waals surface area (Å²) in [6, 6.07) is 14.3. The van der Waals surface area contributed by atoms with E-state index in [0.717, 1.165) is 16.7 Å². The lowest BCUT2D eigenvalue weighted by Crippen LogP contribution is -2.50. The molecule has 0 radical (unpaired) electrons. The van der Waals surface area contributed by atoms with Crippen LogP contribution in [0.25, 0.3) is 0 Å². The molecule has 0 saturated carbocycles. The number of carboxylic acids is 1. The third-order valence-electron chi connectivity index (χ3n) is 8.73. The molecule has 3 amide bonds. The highest BCUT2D eigenvalue weighted by molar-refractivity contribution is 6.62. The fraction of sp³-hybridized carbons (Fsp3) is 0.312. The fourth-order valence-corrected chi connectivity index (χ4v) is 6.28. The topological polar surface area (TPSA) is 184 Å². The highest BCUT2D eigenvalue weighted by atomic mass is 16.5. The smallest absolute Gasteiger partial charge is 0.491 e. The Morgan fingerprint density at radius 2 is 1.55 bits per heavy atom. The van der Waals surface area contributed by atoms with Crippen molar-refractivity contribution in [2.75, 3.05) is 13.7 Å². The number of aliphatic carboxylic acids is 1. The number of carboxylic acid groups (broad SMARTS) is 1. The zero-order valence-corrected chi connectivity index (χ0v) is 25.5. The Morgan fingerprint density at radius 1 is 0.936 bits per heavy atom. The van der Waals surface area contributed by atoms with Gasteiger partial charge in [0.25, 0.3) is 11.8 Å². The van der Waals surface area contributed by atoms with Crippen LogP contribution in [0.4, 0.5) is 0 Å². The van der Waals surface area contributed by atoms with E-state index in [0.29, 0.717) is 16.7 Å². The van der Waals surface area contributed by atoms with E-state index >= 15 is 0 Å². The number of rotatable bonds is 10. The van der Waals surface area contributed by atoms with E-state index in [-0.39, 0.29) is 50.1 Å². The average Bonchev–Trinajstić information content (AvgIpc) is 3.77. The quantitative estimate of drug-likeness (QED) is 0.178. The number of amides is 3. The molecule has 3 aliphatic rings. The second-order valence-corrected chi connectivity index (χ2v) is 11.9. The third kappa shape index (κ3) is 7.03. The molecule has 1 fully saturated rings. The number of hydrogen-bond donors (Lipinski definition) is 5. The van der Waals surface area contributed by atoms with Gasteiger partial charge in [0.1, 0.15) is 11.8 Å². The maximum atomic E-state index is 13.9. The summed E-state index contributed by atoms with van der Waals surface area (Å²) in [4.78, 5) is 54.1. The number of nitrogens with one attached hydrogen (secondary N) is 2. The number of fused-ring (bicyclic) bond motifs is 2. The van der Waals surface area contributed by atoms with Crippen molar-refractivity contribution < 1.29 is 48.4 Å². The molecule has 0 spiro atoms. The molecule has 5 N–H and O–H groups in total. The number of carbonyl (C=O) groups excluding carboxylic acids is 3. The molecule has 0 bridgehead atoms. The van der Waals surface area contributed by atoms with Crippen molar-refractivity contribution in [1.29, 1.82) is 0 Å². The van der Waals surface area contributed by atoms with Crippen LogP contribution in [0.15, 0.2) is 60.7 Å². The number of ether oxygens (including phenoxy) is 1. The van der Waals surface area contributed by atoms with Gasteiger partial charge in [0, 0.05) is 29.8 Å². The summed E-state index contributed by atoms with van der Waals surface area (Å²) in [6.07, 6.45) is -0.0618. The number of benzene rings is 3. The largest absolute Gasteiger partial charge is 0.497 e. The van der Waals surface area contributed by atoms with Crippen LogP contribution in [0.5, 0.6) is 5.75 Å². The van der Waals surface area contributed by atoms with E-state index in [4.69, 9.17) is 14.0 Å². The van der Waals surface area contributed by atoms with Crippen LogP contribution >= 0.6 is 0 Å². The van der Waals surface area contributed by atoms with Gasteiger partial charge in [-0.3, -0.25) is 19.2 Å². The fourth-order valence-electron chi connectivity index (χ4n) is 6.28. The molecule has 15 heteroatoms. The molecule has 1 saturated heterocycles. The summed E-state index contributed by atoms with van der Waals surface area (Å²) in [7, 11) is -0.761. The lowest BCUT2D eigenvalue weighted by molar-refractivity contribution is -0.137. The van der Waals surface area contributed by atoms with Crippen molar-refractivity contribution in [3.05, 3.63) is 88.5 Å². The van der Waals surface area contributed by atoms with Crippen molar-refractivity contribution in [3.8, 4) is 5.75 Å². The second kappa shape index (κ2) is 13.6. The lowest BCUT2D eigenvalue weighted by atomic mass is 9.78. The van der Waals surface area contributed by atoms with Gasteiger partial charge in [-0.2, -0.15) is 0 Å². The molecule has 13 nitrogen and oxygen atoms in total. The van der Waals surface area contributed by atoms with Crippen molar-refractivity contribution in [3.63, 3.8) is 0 Å². The summed E-state index contributed by atoms with van der Waals surface area (Å²) < 4.78 is 15.7. The van der Waals surface area contributed by atoms with Gasteiger partial charge in [-0.15, -0.1) is 0 Å². The van der Waals surface area contributed by atoms with Gasteiger partial charge < -0.3 is 44.7 Å². The first-order valence-corrected chi connectivity index (χ1v) is 15.2. The van der Waals surface area contributed by atoms with Gasteiger partial charge in [0.2, 0.25) is 5.91 Å². The van der Waals surface area contributed by atoms with E-state index in [2.05, 4.69) is 10.6 Å². The monoisotopic (exact) mass is 641 g/mol. The van der Waals surface area contributed by atoms with Gasteiger partial charge in [-0.25, -0.2) is 0 Å². The van der Waals surface area contributed by atoms with E-state index in [1.165, 1.54) is 18.1 Å². The molecule has 242 valence electrons. The highest BCUT2D eigenvalue weighted by Gasteiger charge is 2.42. The number of nitrogens with zero attached hydrogens (tertiary/aromatic N) is 1. The third-order valence-corrected chi connectivity index (χ3v) is 8.73. The van der Waals surface area contributed by atoms with E-state index < -0.39 is 56.1 Å². The Hall–Kier alpha value is -4.69. The summed E-state index contributed by atoms with van der Waals surface area (Å²) >= 11 is 0. The van der Waals surface area contributed by atoms with Crippen LogP contribution in [0.1, 0.15) is 50.2 Å². The molecule has 3 heterocycles. The van der Waals surface area contributed by atoms with Crippen LogP contribution < -0.4 is 26.3 Å². The Labute approximate surface area is 271 Å². The van der Waals surface area contributed by atoms with Crippen molar-refractivity contribution in [2.45, 2.75) is 50.6 Å². The Kier molecular flexibility index (Phi) is 9.32. The number of methoxy groups -OCH3 is 1. The molecule has 47 heavy (non-hydrogen) atoms. The van der Waals surface area contributed by atoms with Crippen LogP contribution in [-0.2, 0) is 38.5 Å². The Balaban J connectivity index is 1.23. The van der Waals surface area contributed by atoms with Crippen molar-refractivity contribution in [2.24, 2.45) is 0 Å². The minimum Gasteiger partial charge on any atom is -0.497 e. The summed E-state index contributed by atoms with van der Waals surface area (Å²) in [5.41, 5.74) is 3.78. The minimum atomic E-state index is -1.17. The zero-order chi connectivity index (χ0) is 33.2. The molecular formula is C32H33B2N3O10. The summed E-state index contributed by atoms with van der Waals surface area (Å²) in [5, 5.41) is 35.6. The van der Waals surface area contributed by atoms with Crippen LogP contribution in [-0.4, -0.2) is 89.8 Å². The molecule has 0 unspecified atom stereocenters. The van der Waals surface area contributed by atoms with Crippen molar-refractivity contribution >= 4 is 48.9 Å². The molecule has 0 aliphatic carbocycles. The van der Waals surface area contributed by atoms with Crippen molar-refractivity contribution in [1.82, 2.24) is 15.5 Å². The molecule has 3 atom stereocenters. The zero-order valence-electron chi connectivity index (χ0n) is 25.5. The van der Waals surface area contributed by atoms with Gasteiger partial charge in [0.15, 0.2) is 0 Å². The van der Waals surface area contributed by atoms with Gasteiger partial charge in [0.05, 0.1) is 26.7 Å². The molecule has 0 aromatic heterocycles. The standard InChI is InChI=1S/C32H33B2N3O10/c1-45-25-8-2-18(3-9-25)10-23(14-29(38)39)35-31(41)28-13-24(36-30(40)19-4-6-21-16-46-33(43)26(21)11-19)15-37(28)32(42)20-5-7-22-17-47-34(44)27(22)12-20/h2-9,11-12,23-24,28,43-44H,10,13-17H2,1H3,(H,35,41)(H,36,40)(H,38,39)/t23-,24+,28-/m0/s1. The van der Waals surface area contributed by atoms with Crippen LogP contribution in [0.3, 0.4) is 0 Å². The predicted molar refractivity (Wildman–Crippen MR) is 169 cm³/mol. The summed E-state index contributed by atoms with van der Waals surface area (Å²) in [6.45, 7) is 0.443. The molecule has 3 aromatic rings. The predicted octanol–water partition coefficient (Wildman–Crippen LogP) is -0.654. The van der Waals surface area contributed by atoms with E-state index in [1.807, 2.05) is 0 Å². The second-order valence-electron chi connectivity index (χ2n) is 11.9. The van der Waals surface area contributed by atoms with Gasteiger partial charge in [-0.05, 0) is 76.9 Å². The van der Waals surface area contributed by atoms with E-state index in [9.17, 15) is 34.3 Å². The Bertz CT molecular complexity index is 1700. The average molecular weight is 641 g/mol. The number of carbonyl (C=O) groups is 4. The highest BCUT2D eigenvalue weighted by Crippen LogP contribution is 2.24. The lowest BCUT2D eigenvalue weighted by Gasteiger charge is -2.26. The maximum Gasteiger partial charge on any atom is 0.491 e. The summed E-state index contributed by atoms with van der Waals surface area (Å²) in [5.74, 6) is -1.97. The molecule has 6 rings (SSSR count). The number of hydrogen-bond acceptors (Lipinski definition) is 9. The maximum absolute atomic E-state index is 13.9.